The highest BCUT2D eigenvalue weighted by molar-refractivity contribution is 6.02. The molecule has 0 saturated heterocycles. The van der Waals surface area contributed by atoms with Crippen molar-refractivity contribution < 1.29 is 27.8 Å². The fraction of sp³-hybridized carbons (Fsp3) is 0.400. The van der Waals surface area contributed by atoms with Crippen molar-refractivity contribution in [3.05, 3.63) is 53.7 Å². The minimum absolute atomic E-state index is 0.0307. The van der Waals surface area contributed by atoms with Crippen LogP contribution in [0.1, 0.15) is 37.9 Å². The predicted molar refractivity (Wildman–Crippen MR) is 121 cm³/mol. The summed E-state index contributed by atoms with van der Waals surface area (Å²) in [6.45, 7) is 5.17. The summed E-state index contributed by atoms with van der Waals surface area (Å²) >= 11 is 0. The molecule has 2 aromatic carbocycles. The molecule has 0 radical (unpaired) electrons. The zero-order chi connectivity index (χ0) is 23.9. The summed E-state index contributed by atoms with van der Waals surface area (Å²) < 4.78 is 44.2. The quantitative estimate of drug-likeness (QED) is 0.597. The number of carbonyl (C=O) groups excluding carboxylic acids is 1. The van der Waals surface area contributed by atoms with Gasteiger partial charge in [0, 0.05) is 23.1 Å². The number of amides is 1. The molecule has 7 nitrogen and oxygen atoms in total. The number of alkyl halides is 2. The maximum Gasteiger partial charge on any atom is 0.586 e. The Balaban J connectivity index is 1.27. The summed E-state index contributed by atoms with van der Waals surface area (Å²) in [4.78, 5) is 13.3. The van der Waals surface area contributed by atoms with Gasteiger partial charge in [0.15, 0.2) is 11.5 Å². The zero-order valence-corrected chi connectivity index (χ0v) is 18.9. The molecular formula is C25H25F2N3O4. The van der Waals surface area contributed by atoms with E-state index in [9.17, 15) is 13.6 Å². The standard InChI is InChI=1S/C25H25F2N3O4/c1-23(2)21-10-14-9-16(4-5-18(14)30(21)13-17(12-28)32-23)29-22(31)24(7-8-24)15-3-6-19-20(11-15)34-25(26,27)33-19/h3-6,9-11,17H,7-8,12-13,28H2,1-2H3,(H,29,31)/t17-/m0/s1. The largest absolute Gasteiger partial charge is 0.586 e. The molecule has 9 heteroatoms. The van der Waals surface area contributed by atoms with E-state index >= 15 is 0 Å². The van der Waals surface area contributed by atoms with Crippen LogP contribution >= 0.6 is 0 Å². The lowest BCUT2D eigenvalue weighted by molar-refractivity contribution is -0.286. The maximum atomic E-state index is 13.4. The van der Waals surface area contributed by atoms with Gasteiger partial charge < -0.3 is 29.8 Å². The predicted octanol–water partition coefficient (Wildman–Crippen LogP) is 4.23. The van der Waals surface area contributed by atoms with E-state index in [0.29, 0.717) is 37.2 Å². The molecule has 3 aromatic rings. The summed E-state index contributed by atoms with van der Waals surface area (Å²) in [7, 11) is 0. The van der Waals surface area contributed by atoms with Gasteiger partial charge in [-0.2, -0.15) is 0 Å². The summed E-state index contributed by atoms with van der Waals surface area (Å²) in [5.41, 5.74) is 8.06. The Morgan fingerprint density at radius 1 is 1.12 bits per heavy atom. The molecule has 1 atom stereocenters. The van der Waals surface area contributed by atoms with Crippen LogP contribution in [-0.2, 0) is 27.1 Å². The minimum Gasteiger partial charge on any atom is -0.395 e. The number of carbonyl (C=O) groups is 1. The van der Waals surface area contributed by atoms with Crippen LogP contribution in [0.25, 0.3) is 10.9 Å². The fourth-order valence-corrected chi connectivity index (χ4v) is 5.15. The Hall–Kier alpha value is -3.17. The van der Waals surface area contributed by atoms with Crippen molar-refractivity contribution in [3.8, 4) is 11.5 Å². The summed E-state index contributed by atoms with van der Waals surface area (Å²) in [5.74, 6) is -0.256. The third-order valence-electron chi connectivity index (χ3n) is 7.02. The van der Waals surface area contributed by atoms with Gasteiger partial charge >= 0.3 is 6.29 Å². The molecule has 1 aliphatic carbocycles. The van der Waals surface area contributed by atoms with E-state index in [-0.39, 0.29) is 23.5 Å². The van der Waals surface area contributed by atoms with Crippen LogP contribution in [0.4, 0.5) is 14.5 Å². The van der Waals surface area contributed by atoms with Crippen molar-refractivity contribution in [2.75, 3.05) is 11.9 Å². The highest BCUT2D eigenvalue weighted by Gasteiger charge is 2.52. The Bertz CT molecular complexity index is 1330. The first kappa shape index (κ1) is 21.4. The highest BCUT2D eigenvalue weighted by Crippen LogP contribution is 2.52. The number of hydrogen-bond donors (Lipinski definition) is 2. The van der Waals surface area contributed by atoms with Gasteiger partial charge in [-0.3, -0.25) is 4.79 Å². The molecule has 1 fully saturated rings. The number of nitrogens with one attached hydrogen (secondary N) is 1. The number of ether oxygens (including phenoxy) is 3. The van der Waals surface area contributed by atoms with Crippen molar-refractivity contribution in [3.63, 3.8) is 0 Å². The molecule has 1 aromatic heterocycles. The number of nitrogens with zero attached hydrogens (tertiary/aromatic N) is 1. The van der Waals surface area contributed by atoms with Crippen LogP contribution in [0.3, 0.4) is 0 Å². The third-order valence-corrected chi connectivity index (χ3v) is 7.02. The fourth-order valence-electron chi connectivity index (χ4n) is 5.15. The lowest BCUT2D eigenvalue weighted by atomic mass is 9.94. The minimum atomic E-state index is -3.68. The van der Waals surface area contributed by atoms with Crippen LogP contribution in [0, 0.1) is 0 Å². The summed E-state index contributed by atoms with van der Waals surface area (Å²) in [5, 5.41) is 4.02. The van der Waals surface area contributed by atoms with E-state index in [0.717, 1.165) is 16.6 Å². The van der Waals surface area contributed by atoms with Crippen LogP contribution in [0.15, 0.2) is 42.5 Å². The molecule has 0 bridgehead atoms. The van der Waals surface area contributed by atoms with Crippen LogP contribution in [-0.4, -0.2) is 29.4 Å². The smallest absolute Gasteiger partial charge is 0.395 e. The van der Waals surface area contributed by atoms with E-state index < -0.39 is 17.3 Å². The van der Waals surface area contributed by atoms with Crippen molar-refractivity contribution in [2.45, 2.75) is 56.6 Å². The zero-order valence-electron chi connectivity index (χ0n) is 18.9. The number of nitrogens with two attached hydrogens (primary N) is 1. The number of halogens is 2. The number of anilines is 1. The molecular weight excluding hydrogens is 444 g/mol. The molecule has 1 saturated carbocycles. The van der Waals surface area contributed by atoms with Crippen molar-refractivity contribution >= 4 is 22.5 Å². The van der Waals surface area contributed by atoms with Crippen molar-refractivity contribution in [1.82, 2.24) is 4.57 Å². The van der Waals surface area contributed by atoms with Gasteiger partial charge in [-0.25, -0.2) is 0 Å². The van der Waals surface area contributed by atoms with E-state index in [1.54, 1.807) is 6.07 Å². The Morgan fingerprint density at radius 3 is 2.62 bits per heavy atom. The molecule has 2 aliphatic heterocycles. The third kappa shape index (κ3) is 3.25. The number of rotatable bonds is 4. The molecule has 6 rings (SSSR count). The highest BCUT2D eigenvalue weighted by atomic mass is 19.3. The average Bonchev–Trinajstić information content (AvgIpc) is 3.41. The van der Waals surface area contributed by atoms with Crippen LogP contribution in [0.5, 0.6) is 11.5 Å². The molecule has 3 N–H and O–H groups in total. The van der Waals surface area contributed by atoms with E-state index in [4.69, 9.17) is 10.5 Å². The van der Waals surface area contributed by atoms with Gasteiger partial charge in [0.05, 0.1) is 23.8 Å². The maximum absolute atomic E-state index is 13.4. The average molecular weight is 469 g/mol. The Labute approximate surface area is 194 Å². The number of benzene rings is 2. The Kier molecular flexibility index (Phi) is 4.35. The van der Waals surface area contributed by atoms with Crippen molar-refractivity contribution in [2.24, 2.45) is 5.73 Å². The van der Waals surface area contributed by atoms with E-state index in [1.807, 2.05) is 32.0 Å². The molecule has 34 heavy (non-hydrogen) atoms. The monoisotopic (exact) mass is 469 g/mol. The second kappa shape index (κ2) is 6.93. The number of aromatic nitrogens is 1. The molecule has 0 unspecified atom stereocenters. The number of hydrogen-bond acceptors (Lipinski definition) is 5. The first-order valence-corrected chi connectivity index (χ1v) is 11.3. The second-order valence-electron chi connectivity index (χ2n) is 9.76. The van der Waals surface area contributed by atoms with Gasteiger partial charge in [-0.05, 0) is 68.7 Å². The first-order valence-electron chi connectivity index (χ1n) is 11.3. The van der Waals surface area contributed by atoms with Crippen LogP contribution < -0.4 is 20.5 Å². The molecule has 178 valence electrons. The van der Waals surface area contributed by atoms with Crippen LogP contribution in [0.2, 0.25) is 0 Å². The lowest BCUT2D eigenvalue weighted by Crippen LogP contribution is -2.42. The Morgan fingerprint density at radius 2 is 1.88 bits per heavy atom. The van der Waals surface area contributed by atoms with E-state index in [2.05, 4.69) is 25.4 Å². The van der Waals surface area contributed by atoms with Gasteiger partial charge in [-0.15, -0.1) is 8.78 Å². The summed E-state index contributed by atoms with van der Waals surface area (Å²) in [6, 6.07) is 12.5. The van der Waals surface area contributed by atoms with Crippen molar-refractivity contribution in [1.29, 1.82) is 0 Å². The van der Waals surface area contributed by atoms with E-state index in [1.165, 1.54) is 12.1 Å². The molecule has 1 amide bonds. The topological polar surface area (TPSA) is 87.7 Å². The second-order valence-corrected chi connectivity index (χ2v) is 9.76. The SMILES string of the molecule is CC1(C)O[C@@H](CN)Cn2c1cc1cc(NC(=O)C3(c4ccc5c(c4)OC(F)(F)O5)CC3)ccc12. The van der Waals surface area contributed by atoms with Gasteiger partial charge in [-0.1, -0.05) is 6.07 Å². The van der Waals surface area contributed by atoms with Gasteiger partial charge in [0.2, 0.25) is 5.91 Å². The normalized spacial score (nSPS) is 22.9. The van der Waals surface area contributed by atoms with Gasteiger partial charge in [0.25, 0.3) is 0 Å². The lowest BCUT2D eigenvalue weighted by Gasteiger charge is -2.37. The van der Waals surface area contributed by atoms with Gasteiger partial charge in [0.1, 0.15) is 5.60 Å². The first-order chi connectivity index (χ1) is 16.1. The molecule has 3 aliphatic rings. The molecule has 0 spiro atoms. The summed E-state index contributed by atoms with van der Waals surface area (Å²) in [6.07, 6.45) is -2.49. The molecule has 3 heterocycles. The number of fused-ring (bicyclic) bond motifs is 4.